The van der Waals surface area contributed by atoms with Crippen molar-refractivity contribution in [1.29, 1.82) is 0 Å². The molecule has 1 heterocycles. The highest BCUT2D eigenvalue weighted by atomic mass is 35.5. The van der Waals surface area contributed by atoms with Gasteiger partial charge in [-0.25, -0.2) is 0 Å². The number of carbonyl (C=O) groups excluding carboxylic acids is 1. The normalized spacial score (nSPS) is 24.3. The molecule has 0 radical (unpaired) electrons. The molecule has 3 nitrogen and oxygen atoms in total. The molecule has 0 bridgehead atoms. The molecule has 1 atom stereocenters. The van der Waals surface area contributed by atoms with Gasteiger partial charge in [0.25, 0.3) is 0 Å². The van der Waals surface area contributed by atoms with E-state index in [-0.39, 0.29) is 11.8 Å². The highest BCUT2D eigenvalue weighted by molar-refractivity contribution is 6.27. The summed E-state index contributed by atoms with van der Waals surface area (Å²) in [5, 5.41) is 2.83. The fraction of sp³-hybridized carbons (Fsp3) is 0.889. The third-order valence-electron chi connectivity index (χ3n) is 2.43. The number of halogens is 1. The van der Waals surface area contributed by atoms with E-state index in [4.69, 9.17) is 11.6 Å². The summed E-state index contributed by atoms with van der Waals surface area (Å²) in [5.74, 6) is 0.614. The van der Waals surface area contributed by atoms with E-state index < -0.39 is 0 Å². The first-order valence-electron chi connectivity index (χ1n) is 4.73. The van der Waals surface area contributed by atoms with Crippen LogP contribution in [0, 0.1) is 5.92 Å². The van der Waals surface area contributed by atoms with E-state index in [2.05, 4.69) is 17.3 Å². The van der Waals surface area contributed by atoms with Crippen molar-refractivity contribution in [3.63, 3.8) is 0 Å². The molecule has 0 aromatic heterocycles. The van der Waals surface area contributed by atoms with Crippen molar-refractivity contribution in [3.05, 3.63) is 0 Å². The zero-order chi connectivity index (χ0) is 9.68. The van der Waals surface area contributed by atoms with Crippen LogP contribution in [0.1, 0.15) is 12.8 Å². The Morgan fingerprint density at radius 3 is 3.08 bits per heavy atom. The monoisotopic (exact) mass is 204 g/mol. The van der Waals surface area contributed by atoms with Crippen LogP contribution in [0.5, 0.6) is 0 Å². The Hall–Kier alpha value is -0.280. The minimum atomic E-state index is -0.0603. The summed E-state index contributed by atoms with van der Waals surface area (Å²) >= 11 is 5.38. The van der Waals surface area contributed by atoms with Crippen molar-refractivity contribution < 1.29 is 4.79 Å². The molecule has 1 rings (SSSR count). The molecule has 1 amide bonds. The van der Waals surface area contributed by atoms with Gasteiger partial charge in [-0.2, -0.15) is 0 Å². The molecule has 0 aliphatic carbocycles. The lowest BCUT2D eigenvalue weighted by Gasteiger charge is -2.29. The fourth-order valence-corrected chi connectivity index (χ4v) is 1.84. The number of nitrogens with zero attached hydrogens (tertiary/aromatic N) is 1. The maximum absolute atomic E-state index is 10.9. The number of nitrogens with one attached hydrogen (secondary N) is 1. The molecule has 0 aromatic carbocycles. The summed E-state index contributed by atoms with van der Waals surface area (Å²) in [6.45, 7) is 3.04. The molecule has 0 spiro atoms. The van der Waals surface area contributed by atoms with Crippen LogP contribution in [0.15, 0.2) is 0 Å². The summed E-state index contributed by atoms with van der Waals surface area (Å²) in [4.78, 5) is 13.2. The molecular formula is C9H17ClN2O. The third-order valence-corrected chi connectivity index (χ3v) is 2.67. The summed E-state index contributed by atoms with van der Waals surface area (Å²) in [7, 11) is 2.12. The summed E-state index contributed by atoms with van der Waals surface area (Å²) in [6.07, 6.45) is 2.45. The number of hydrogen-bond donors (Lipinski definition) is 1. The molecule has 0 aromatic rings. The van der Waals surface area contributed by atoms with Gasteiger partial charge in [0.1, 0.15) is 5.88 Å². The highest BCUT2D eigenvalue weighted by Crippen LogP contribution is 2.13. The van der Waals surface area contributed by atoms with Gasteiger partial charge in [-0.3, -0.25) is 4.79 Å². The van der Waals surface area contributed by atoms with Crippen LogP contribution in [0.4, 0.5) is 0 Å². The summed E-state index contributed by atoms with van der Waals surface area (Å²) < 4.78 is 0. The molecular weight excluding hydrogens is 188 g/mol. The number of alkyl halides is 1. The Morgan fingerprint density at radius 1 is 1.69 bits per heavy atom. The molecule has 1 saturated heterocycles. The van der Waals surface area contributed by atoms with E-state index in [1.54, 1.807) is 0 Å². The second kappa shape index (κ2) is 5.45. The lowest BCUT2D eigenvalue weighted by atomic mass is 9.98. The maximum atomic E-state index is 10.9. The zero-order valence-corrected chi connectivity index (χ0v) is 8.81. The van der Waals surface area contributed by atoms with Crippen molar-refractivity contribution in [2.24, 2.45) is 5.92 Å². The minimum absolute atomic E-state index is 0.0603. The van der Waals surface area contributed by atoms with Crippen LogP contribution in [0.3, 0.4) is 0 Å². The van der Waals surface area contributed by atoms with Gasteiger partial charge in [-0.1, -0.05) is 0 Å². The van der Waals surface area contributed by atoms with E-state index in [0.717, 1.165) is 13.1 Å². The number of carbonyl (C=O) groups is 1. The van der Waals surface area contributed by atoms with Crippen LogP contribution >= 0.6 is 11.6 Å². The molecule has 13 heavy (non-hydrogen) atoms. The van der Waals surface area contributed by atoms with Crippen LogP contribution in [0.2, 0.25) is 0 Å². The molecule has 4 heteroatoms. The van der Waals surface area contributed by atoms with Gasteiger partial charge in [0.15, 0.2) is 0 Å². The highest BCUT2D eigenvalue weighted by Gasteiger charge is 2.17. The average Bonchev–Trinajstić information content (AvgIpc) is 2.14. The van der Waals surface area contributed by atoms with Crippen molar-refractivity contribution in [2.45, 2.75) is 12.8 Å². The zero-order valence-electron chi connectivity index (χ0n) is 8.05. The number of hydrogen-bond acceptors (Lipinski definition) is 2. The quantitative estimate of drug-likeness (QED) is 0.686. The molecule has 1 fully saturated rings. The van der Waals surface area contributed by atoms with Gasteiger partial charge in [-0.15, -0.1) is 11.6 Å². The van der Waals surface area contributed by atoms with Crippen molar-refractivity contribution in [3.8, 4) is 0 Å². The van der Waals surface area contributed by atoms with Gasteiger partial charge in [0.05, 0.1) is 0 Å². The number of likely N-dealkylation sites (tertiary alicyclic amines) is 1. The van der Waals surface area contributed by atoms with Crippen LogP contribution in [0.25, 0.3) is 0 Å². The average molecular weight is 205 g/mol. The van der Waals surface area contributed by atoms with E-state index in [9.17, 15) is 4.79 Å². The SMILES string of the molecule is CN1CCC[C@H](CNC(=O)CCl)C1. The predicted octanol–water partition coefficient (Wildman–Crippen LogP) is 0.683. The van der Waals surface area contributed by atoms with Crippen LogP contribution < -0.4 is 5.32 Å². The Kier molecular flexibility index (Phi) is 4.53. The first-order valence-corrected chi connectivity index (χ1v) is 5.27. The number of amides is 1. The van der Waals surface area contributed by atoms with Gasteiger partial charge >= 0.3 is 0 Å². The van der Waals surface area contributed by atoms with Gasteiger partial charge in [0.2, 0.25) is 5.91 Å². The van der Waals surface area contributed by atoms with E-state index >= 15 is 0 Å². The maximum Gasteiger partial charge on any atom is 0.234 e. The molecule has 0 unspecified atom stereocenters. The van der Waals surface area contributed by atoms with Crippen LogP contribution in [-0.4, -0.2) is 43.4 Å². The number of rotatable bonds is 3. The number of piperidine rings is 1. The smallest absolute Gasteiger partial charge is 0.234 e. The Labute approximate surface area is 84.4 Å². The van der Waals surface area contributed by atoms with Crippen molar-refractivity contribution >= 4 is 17.5 Å². The Balaban J connectivity index is 2.17. The van der Waals surface area contributed by atoms with Crippen molar-refractivity contribution in [2.75, 3.05) is 32.6 Å². The lowest BCUT2D eigenvalue weighted by molar-refractivity contribution is -0.118. The molecule has 76 valence electrons. The Bertz CT molecular complexity index is 175. The van der Waals surface area contributed by atoms with E-state index in [1.807, 2.05) is 0 Å². The molecule has 0 saturated carbocycles. The predicted molar refractivity (Wildman–Crippen MR) is 54.0 cm³/mol. The van der Waals surface area contributed by atoms with E-state index in [0.29, 0.717) is 5.92 Å². The topological polar surface area (TPSA) is 32.3 Å². The summed E-state index contributed by atoms with van der Waals surface area (Å²) in [5.41, 5.74) is 0. The summed E-state index contributed by atoms with van der Waals surface area (Å²) in [6, 6.07) is 0. The minimum Gasteiger partial charge on any atom is -0.355 e. The van der Waals surface area contributed by atoms with Gasteiger partial charge in [-0.05, 0) is 32.4 Å². The van der Waals surface area contributed by atoms with Gasteiger partial charge in [0, 0.05) is 13.1 Å². The van der Waals surface area contributed by atoms with Crippen molar-refractivity contribution in [1.82, 2.24) is 10.2 Å². The third kappa shape index (κ3) is 3.96. The standard InChI is InChI=1S/C9H17ClN2O/c1-12-4-2-3-8(7-12)6-11-9(13)5-10/h8H,2-7H2,1H3,(H,11,13)/t8-/m1/s1. The van der Waals surface area contributed by atoms with Crippen LogP contribution in [-0.2, 0) is 4.79 Å². The lowest BCUT2D eigenvalue weighted by Crippen LogP contribution is -2.39. The molecule has 1 aliphatic rings. The fourth-order valence-electron chi connectivity index (χ4n) is 1.75. The van der Waals surface area contributed by atoms with Gasteiger partial charge < -0.3 is 10.2 Å². The first kappa shape index (κ1) is 10.8. The largest absolute Gasteiger partial charge is 0.355 e. The molecule has 1 N–H and O–H groups in total. The first-order chi connectivity index (χ1) is 6.22. The second-order valence-electron chi connectivity index (χ2n) is 3.71. The molecule has 1 aliphatic heterocycles. The van der Waals surface area contributed by atoms with E-state index in [1.165, 1.54) is 19.4 Å². The Morgan fingerprint density at radius 2 is 2.46 bits per heavy atom. The second-order valence-corrected chi connectivity index (χ2v) is 3.98.